The van der Waals surface area contributed by atoms with Crippen molar-refractivity contribution in [2.75, 3.05) is 19.0 Å². The van der Waals surface area contributed by atoms with Crippen LogP contribution in [0.15, 0.2) is 42.9 Å². The average Bonchev–Trinajstić information content (AvgIpc) is 3.11. The third-order valence-corrected chi connectivity index (χ3v) is 3.25. The molecule has 0 radical (unpaired) electrons. The van der Waals surface area contributed by atoms with Crippen LogP contribution in [0.5, 0.6) is 0 Å². The number of fused-ring (bicyclic) bond motifs is 1. The monoisotopic (exact) mass is 284 g/mol. The van der Waals surface area contributed by atoms with Crippen molar-refractivity contribution in [3.63, 3.8) is 0 Å². The van der Waals surface area contributed by atoms with Crippen LogP contribution in [0.4, 0.5) is 5.69 Å². The van der Waals surface area contributed by atoms with Crippen LogP contribution in [-0.2, 0) is 11.3 Å². The molecular weight excluding hydrogens is 268 g/mol. The van der Waals surface area contributed by atoms with E-state index in [2.05, 4.69) is 15.4 Å². The van der Waals surface area contributed by atoms with Gasteiger partial charge in [0, 0.05) is 30.4 Å². The van der Waals surface area contributed by atoms with E-state index >= 15 is 0 Å². The second-order valence-electron chi connectivity index (χ2n) is 4.69. The molecule has 2 aromatic heterocycles. The normalized spacial score (nSPS) is 10.9. The lowest BCUT2D eigenvalue weighted by Crippen LogP contribution is -2.11. The Balaban J connectivity index is 1.75. The number of amides is 1. The molecule has 0 saturated heterocycles. The van der Waals surface area contributed by atoms with Gasteiger partial charge < -0.3 is 15.0 Å². The van der Waals surface area contributed by atoms with Crippen molar-refractivity contribution >= 4 is 22.5 Å². The van der Waals surface area contributed by atoms with Crippen molar-refractivity contribution < 1.29 is 9.53 Å². The molecule has 0 fully saturated rings. The SMILES string of the molecule is COCCn1cc(NC(=O)c2c[nH]c3ccccc23)cn1. The number of aromatic nitrogens is 3. The summed E-state index contributed by atoms with van der Waals surface area (Å²) in [6.45, 7) is 1.23. The number of nitrogens with one attached hydrogen (secondary N) is 2. The summed E-state index contributed by atoms with van der Waals surface area (Å²) in [6, 6.07) is 7.70. The van der Waals surface area contributed by atoms with Crippen LogP contribution in [0.1, 0.15) is 10.4 Å². The Morgan fingerprint density at radius 2 is 2.29 bits per heavy atom. The zero-order valence-corrected chi connectivity index (χ0v) is 11.7. The number of H-pyrrole nitrogens is 1. The summed E-state index contributed by atoms with van der Waals surface area (Å²) in [4.78, 5) is 15.4. The van der Waals surface area contributed by atoms with Crippen molar-refractivity contribution in [3.8, 4) is 0 Å². The highest BCUT2D eigenvalue weighted by molar-refractivity contribution is 6.12. The molecule has 2 heterocycles. The van der Waals surface area contributed by atoms with E-state index in [9.17, 15) is 4.79 Å². The fourth-order valence-electron chi connectivity index (χ4n) is 2.19. The number of aromatic amines is 1. The molecule has 1 amide bonds. The van der Waals surface area contributed by atoms with Crippen molar-refractivity contribution in [3.05, 3.63) is 48.4 Å². The minimum atomic E-state index is -0.154. The maximum atomic E-state index is 12.3. The number of methoxy groups -OCH3 is 1. The van der Waals surface area contributed by atoms with Gasteiger partial charge in [0.1, 0.15) is 0 Å². The summed E-state index contributed by atoms with van der Waals surface area (Å²) in [5.41, 5.74) is 2.23. The summed E-state index contributed by atoms with van der Waals surface area (Å²) in [5.74, 6) is -0.154. The zero-order valence-electron chi connectivity index (χ0n) is 11.7. The Kier molecular flexibility index (Phi) is 3.70. The van der Waals surface area contributed by atoms with Crippen molar-refractivity contribution in [1.29, 1.82) is 0 Å². The lowest BCUT2D eigenvalue weighted by molar-refractivity contribution is 0.102. The van der Waals surface area contributed by atoms with Crippen LogP contribution in [0.25, 0.3) is 10.9 Å². The molecule has 0 aliphatic heterocycles. The standard InChI is InChI=1S/C15H16N4O2/c1-21-7-6-19-10-11(8-17-19)18-15(20)13-9-16-14-5-3-2-4-12(13)14/h2-5,8-10,16H,6-7H2,1H3,(H,18,20). The highest BCUT2D eigenvalue weighted by atomic mass is 16.5. The number of benzene rings is 1. The molecule has 0 aliphatic rings. The topological polar surface area (TPSA) is 71.9 Å². The van der Waals surface area contributed by atoms with Gasteiger partial charge in [-0.15, -0.1) is 0 Å². The van der Waals surface area contributed by atoms with E-state index in [1.807, 2.05) is 24.3 Å². The largest absolute Gasteiger partial charge is 0.383 e. The smallest absolute Gasteiger partial charge is 0.257 e. The zero-order chi connectivity index (χ0) is 14.7. The number of carbonyl (C=O) groups is 1. The van der Waals surface area contributed by atoms with E-state index in [0.717, 1.165) is 10.9 Å². The summed E-state index contributed by atoms with van der Waals surface area (Å²) >= 11 is 0. The van der Waals surface area contributed by atoms with Crippen molar-refractivity contribution in [1.82, 2.24) is 14.8 Å². The summed E-state index contributed by atoms with van der Waals surface area (Å²) < 4.78 is 6.72. The first-order valence-corrected chi connectivity index (χ1v) is 6.67. The summed E-state index contributed by atoms with van der Waals surface area (Å²) in [7, 11) is 1.64. The molecule has 0 aliphatic carbocycles. The van der Waals surface area contributed by atoms with Gasteiger partial charge in [0.15, 0.2) is 0 Å². The number of carbonyl (C=O) groups excluding carboxylic acids is 1. The van der Waals surface area contributed by atoms with Gasteiger partial charge in [0.2, 0.25) is 0 Å². The number of anilines is 1. The average molecular weight is 284 g/mol. The van der Waals surface area contributed by atoms with Crippen LogP contribution in [-0.4, -0.2) is 34.4 Å². The first-order valence-electron chi connectivity index (χ1n) is 6.67. The minimum absolute atomic E-state index is 0.154. The first kappa shape index (κ1) is 13.4. The Morgan fingerprint density at radius 1 is 1.43 bits per heavy atom. The third-order valence-electron chi connectivity index (χ3n) is 3.25. The summed E-state index contributed by atoms with van der Waals surface area (Å²) in [6.07, 6.45) is 5.13. The van der Waals surface area contributed by atoms with Crippen molar-refractivity contribution in [2.45, 2.75) is 6.54 Å². The fourth-order valence-corrected chi connectivity index (χ4v) is 2.19. The van der Waals surface area contributed by atoms with E-state index in [1.54, 1.807) is 30.4 Å². The summed E-state index contributed by atoms with van der Waals surface area (Å²) in [5, 5.41) is 7.92. The molecule has 0 saturated carbocycles. The van der Waals surface area contributed by atoms with E-state index in [4.69, 9.17) is 4.74 Å². The van der Waals surface area contributed by atoms with Gasteiger partial charge in [-0.3, -0.25) is 9.48 Å². The van der Waals surface area contributed by atoms with Crippen LogP contribution in [0.2, 0.25) is 0 Å². The predicted molar refractivity (Wildman–Crippen MR) is 80.4 cm³/mol. The molecule has 0 atom stereocenters. The van der Waals surface area contributed by atoms with Crippen LogP contribution in [0, 0.1) is 0 Å². The highest BCUT2D eigenvalue weighted by Crippen LogP contribution is 2.19. The van der Waals surface area contributed by atoms with Gasteiger partial charge in [-0.25, -0.2) is 0 Å². The van der Waals surface area contributed by atoms with Crippen LogP contribution in [0.3, 0.4) is 0 Å². The maximum absolute atomic E-state index is 12.3. The molecule has 6 nitrogen and oxygen atoms in total. The number of ether oxygens (including phenoxy) is 1. The Labute approximate surface area is 121 Å². The number of para-hydroxylation sites is 1. The van der Waals surface area contributed by atoms with E-state index in [1.165, 1.54) is 0 Å². The molecule has 0 unspecified atom stereocenters. The van der Waals surface area contributed by atoms with Gasteiger partial charge in [-0.1, -0.05) is 18.2 Å². The second kappa shape index (κ2) is 5.80. The maximum Gasteiger partial charge on any atom is 0.257 e. The highest BCUT2D eigenvalue weighted by Gasteiger charge is 2.12. The van der Waals surface area contributed by atoms with Gasteiger partial charge in [0.05, 0.1) is 30.6 Å². The van der Waals surface area contributed by atoms with E-state index < -0.39 is 0 Å². The molecular formula is C15H16N4O2. The Hall–Kier alpha value is -2.60. The number of hydrogen-bond acceptors (Lipinski definition) is 3. The van der Waals surface area contributed by atoms with E-state index in [0.29, 0.717) is 24.4 Å². The first-order chi connectivity index (χ1) is 10.3. The molecule has 3 rings (SSSR count). The quantitative estimate of drug-likeness (QED) is 0.755. The fraction of sp³-hybridized carbons (Fsp3) is 0.200. The molecule has 2 N–H and O–H groups in total. The van der Waals surface area contributed by atoms with Crippen LogP contribution < -0.4 is 5.32 Å². The second-order valence-corrected chi connectivity index (χ2v) is 4.69. The minimum Gasteiger partial charge on any atom is -0.383 e. The van der Waals surface area contributed by atoms with Crippen molar-refractivity contribution in [2.24, 2.45) is 0 Å². The molecule has 21 heavy (non-hydrogen) atoms. The van der Waals surface area contributed by atoms with Crippen LogP contribution >= 0.6 is 0 Å². The number of nitrogens with zero attached hydrogens (tertiary/aromatic N) is 2. The molecule has 0 spiro atoms. The van der Waals surface area contributed by atoms with E-state index in [-0.39, 0.29) is 5.91 Å². The van der Waals surface area contributed by atoms with Gasteiger partial charge in [-0.05, 0) is 6.07 Å². The molecule has 6 heteroatoms. The number of rotatable bonds is 5. The molecule has 108 valence electrons. The Bertz CT molecular complexity index is 760. The third kappa shape index (κ3) is 2.80. The molecule has 3 aromatic rings. The van der Waals surface area contributed by atoms with Gasteiger partial charge in [0.25, 0.3) is 5.91 Å². The molecule has 0 bridgehead atoms. The van der Waals surface area contributed by atoms with Gasteiger partial charge >= 0.3 is 0 Å². The lowest BCUT2D eigenvalue weighted by atomic mass is 10.1. The molecule has 1 aromatic carbocycles. The van der Waals surface area contributed by atoms with Gasteiger partial charge in [-0.2, -0.15) is 5.10 Å². The Morgan fingerprint density at radius 3 is 3.14 bits per heavy atom. The number of hydrogen-bond donors (Lipinski definition) is 2. The predicted octanol–water partition coefficient (Wildman–Crippen LogP) is 2.26. The lowest BCUT2D eigenvalue weighted by Gasteiger charge is -2.01.